The number of piperidine rings is 2. The molecule has 2 unspecified atom stereocenters. The predicted molar refractivity (Wildman–Crippen MR) is 184 cm³/mol. The van der Waals surface area contributed by atoms with E-state index >= 15 is 0 Å². The van der Waals surface area contributed by atoms with E-state index in [1.807, 2.05) is 45.2 Å². The third-order valence-corrected chi connectivity index (χ3v) is 9.12. The number of ether oxygens (including phenoxy) is 3. The standard InChI is InChI=1S/C20H25FN2O.C19H20F4N2O2/c1-14-4-5-17(18(21)12-14)20(19-13-15(2)6-9-22-19)24-16-7-10-23(3)11-8-16;1-25-10-6-14(7-11-25)26-18(13-4-8-24-9-5-13)16-12-15(2-3-17(16)20)27-19(21,22)23/h4-6,9,12-13,16,20H,7-8,10-11H2,1-3H3;2-5,8-9,12,14,18H,6-7,10-11H2,1H3. The van der Waals surface area contributed by atoms with Gasteiger partial charge in [0, 0.05) is 55.9 Å². The van der Waals surface area contributed by atoms with Gasteiger partial charge in [-0.15, -0.1) is 13.2 Å². The fourth-order valence-corrected chi connectivity index (χ4v) is 6.27. The minimum atomic E-state index is -4.85. The number of benzene rings is 2. The largest absolute Gasteiger partial charge is 0.573 e. The number of nitrogens with zero attached hydrogens (tertiary/aromatic N) is 4. The van der Waals surface area contributed by atoms with Crippen LogP contribution in [0, 0.1) is 25.5 Å². The number of aromatic nitrogens is 2. The smallest absolute Gasteiger partial charge is 0.406 e. The normalized spacial score (nSPS) is 17.7. The molecule has 274 valence electrons. The first-order chi connectivity index (χ1) is 24.3. The average Bonchev–Trinajstić information content (AvgIpc) is 3.09. The summed E-state index contributed by atoms with van der Waals surface area (Å²) in [6, 6.07) is 15.5. The number of hydrogen-bond acceptors (Lipinski definition) is 7. The van der Waals surface area contributed by atoms with Gasteiger partial charge in [0.05, 0.1) is 17.9 Å². The van der Waals surface area contributed by atoms with E-state index in [9.17, 15) is 22.0 Å². The van der Waals surface area contributed by atoms with E-state index in [4.69, 9.17) is 9.47 Å². The fourth-order valence-electron chi connectivity index (χ4n) is 6.27. The van der Waals surface area contributed by atoms with Crippen LogP contribution in [-0.2, 0) is 9.47 Å². The Morgan fingerprint density at radius 1 is 0.667 bits per heavy atom. The van der Waals surface area contributed by atoms with Crippen LogP contribution in [0.5, 0.6) is 5.75 Å². The average molecular weight is 713 g/mol. The molecule has 2 aromatic heterocycles. The number of rotatable bonds is 9. The summed E-state index contributed by atoms with van der Waals surface area (Å²) in [5, 5.41) is 0. The van der Waals surface area contributed by atoms with Crippen LogP contribution in [0.2, 0.25) is 0 Å². The Morgan fingerprint density at radius 2 is 1.25 bits per heavy atom. The summed E-state index contributed by atoms with van der Waals surface area (Å²) in [5.41, 5.74) is 3.97. The molecule has 7 nitrogen and oxygen atoms in total. The van der Waals surface area contributed by atoms with Gasteiger partial charge in [0.1, 0.15) is 29.6 Å². The number of hydrogen-bond donors (Lipinski definition) is 0. The van der Waals surface area contributed by atoms with Gasteiger partial charge in [-0.3, -0.25) is 9.97 Å². The zero-order chi connectivity index (χ0) is 36.5. The molecule has 2 atom stereocenters. The van der Waals surface area contributed by atoms with Gasteiger partial charge >= 0.3 is 6.36 Å². The maximum Gasteiger partial charge on any atom is 0.573 e. The van der Waals surface area contributed by atoms with Gasteiger partial charge in [0.2, 0.25) is 0 Å². The molecule has 0 spiro atoms. The summed E-state index contributed by atoms with van der Waals surface area (Å²) in [4.78, 5) is 12.9. The van der Waals surface area contributed by atoms with E-state index in [2.05, 4.69) is 31.6 Å². The van der Waals surface area contributed by atoms with Gasteiger partial charge in [-0.1, -0.05) is 12.1 Å². The van der Waals surface area contributed by atoms with Crippen LogP contribution in [0.15, 0.2) is 79.3 Å². The molecule has 51 heavy (non-hydrogen) atoms. The number of pyridine rings is 2. The van der Waals surface area contributed by atoms with Crippen molar-refractivity contribution in [1.29, 1.82) is 0 Å². The molecule has 0 amide bonds. The van der Waals surface area contributed by atoms with Gasteiger partial charge in [0.25, 0.3) is 0 Å². The minimum Gasteiger partial charge on any atom is -0.406 e. The van der Waals surface area contributed by atoms with Gasteiger partial charge in [-0.2, -0.15) is 0 Å². The quantitative estimate of drug-likeness (QED) is 0.162. The first-order valence-electron chi connectivity index (χ1n) is 17.2. The molecule has 2 fully saturated rings. The topological polar surface area (TPSA) is 60.0 Å². The Kier molecular flexibility index (Phi) is 13.1. The highest BCUT2D eigenvalue weighted by Crippen LogP contribution is 2.35. The second-order valence-corrected chi connectivity index (χ2v) is 13.3. The lowest BCUT2D eigenvalue weighted by Gasteiger charge is -2.32. The van der Waals surface area contributed by atoms with Gasteiger partial charge in [0.15, 0.2) is 0 Å². The Labute approximate surface area is 296 Å². The molecular formula is C39H45F5N4O3. The second-order valence-electron chi connectivity index (χ2n) is 13.3. The Balaban J connectivity index is 0.000000199. The van der Waals surface area contributed by atoms with Crippen molar-refractivity contribution >= 4 is 0 Å². The monoisotopic (exact) mass is 712 g/mol. The summed E-state index contributed by atoms with van der Waals surface area (Å²) in [5.74, 6) is -1.36. The molecule has 2 aromatic carbocycles. The third-order valence-electron chi connectivity index (χ3n) is 9.12. The lowest BCUT2D eigenvalue weighted by atomic mass is 10.00. The molecule has 0 N–H and O–H groups in total. The maximum atomic E-state index is 14.6. The van der Waals surface area contributed by atoms with Crippen molar-refractivity contribution in [3.05, 3.63) is 124 Å². The number of aryl methyl sites for hydroxylation is 2. The second kappa shape index (κ2) is 17.5. The lowest BCUT2D eigenvalue weighted by Crippen LogP contribution is -2.35. The molecule has 2 aliphatic rings. The summed E-state index contributed by atoms with van der Waals surface area (Å²) in [6.07, 6.45) is 2.15. The van der Waals surface area contributed by atoms with E-state index in [1.54, 1.807) is 24.4 Å². The van der Waals surface area contributed by atoms with Gasteiger partial charge in [-0.25, -0.2) is 8.78 Å². The first-order valence-corrected chi connectivity index (χ1v) is 17.2. The van der Waals surface area contributed by atoms with Gasteiger partial charge in [-0.05, 0) is 119 Å². The molecule has 0 radical (unpaired) electrons. The Bertz CT molecular complexity index is 1690. The van der Waals surface area contributed by atoms with E-state index in [1.165, 1.54) is 12.4 Å². The maximum absolute atomic E-state index is 14.6. The highest BCUT2D eigenvalue weighted by atomic mass is 19.4. The van der Waals surface area contributed by atoms with E-state index in [0.29, 0.717) is 11.1 Å². The fraction of sp³-hybridized carbons (Fsp3) is 0.436. The first kappa shape index (κ1) is 38.3. The molecule has 0 saturated carbocycles. The molecule has 4 aromatic rings. The van der Waals surface area contributed by atoms with Crippen molar-refractivity contribution in [1.82, 2.24) is 19.8 Å². The zero-order valence-corrected chi connectivity index (χ0v) is 29.4. The molecular weight excluding hydrogens is 667 g/mol. The highest BCUT2D eigenvalue weighted by Gasteiger charge is 2.33. The number of halogens is 5. The SMILES string of the molecule is CN1CCC(OC(c2ccncc2)c2cc(OC(F)(F)F)ccc2F)CC1.Cc1ccnc(C(OC2CCN(C)CC2)c2ccc(C)cc2F)c1. The van der Waals surface area contributed by atoms with Crippen LogP contribution in [-0.4, -0.2) is 78.6 Å². The van der Waals surface area contributed by atoms with E-state index in [-0.39, 0.29) is 23.6 Å². The lowest BCUT2D eigenvalue weighted by molar-refractivity contribution is -0.274. The summed E-state index contributed by atoms with van der Waals surface area (Å²) in [6.45, 7) is 7.61. The zero-order valence-electron chi connectivity index (χ0n) is 29.4. The molecule has 2 aliphatic heterocycles. The van der Waals surface area contributed by atoms with Crippen LogP contribution >= 0.6 is 0 Å². The minimum absolute atomic E-state index is 0.00174. The van der Waals surface area contributed by atoms with Gasteiger partial charge < -0.3 is 24.0 Å². The molecule has 2 saturated heterocycles. The third kappa shape index (κ3) is 11.3. The van der Waals surface area contributed by atoms with Crippen LogP contribution in [0.1, 0.15) is 71.4 Å². The summed E-state index contributed by atoms with van der Waals surface area (Å²) < 4.78 is 83.2. The highest BCUT2D eigenvalue weighted by molar-refractivity contribution is 5.36. The van der Waals surface area contributed by atoms with E-state index < -0.39 is 30.1 Å². The number of alkyl halides is 3. The molecule has 0 aliphatic carbocycles. The van der Waals surface area contributed by atoms with Crippen LogP contribution in [0.25, 0.3) is 0 Å². The van der Waals surface area contributed by atoms with Crippen molar-refractivity contribution in [3.63, 3.8) is 0 Å². The van der Waals surface area contributed by atoms with Crippen molar-refractivity contribution in [2.24, 2.45) is 0 Å². The van der Waals surface area contributed by atoms with Crippen molar-refractivity contribution < 1.29 is 36.2 Å². The molecule has 12 heteroatoms. The van der Waals surface area contributed by atoms with Crippen molar-refractivity contribution in [3.8, 4) is 5.75 Å². The molecule has 6 rings (SSSR count). The molecule has 0 bridgehead atoms. The Morgan fingerprint density at radius 3 is 1.82 bits per heavy atom. The van der Waals surface area contributed by atoms with Crippen molar-refractivity contribution in [2.45, 2.75) is 70.3 Å². The van der Waals surface area contributed by atoms with Crippen LogP contribution in [0.4, 0.5) is 22.0 Å². The number of likely N-dealkylation sites (tertiary alicyclic amines) is 2. The summed E-state index contributed by atoms with van der Waals surface area (Å²) >= 11 is 0. The predicted octanol–water partition coefficient (Wildman–Crippen LogP) is 8.36. The van der Waals surface area contributed by atoms with Crippen LogP contribution < -0.4 is 4.74 Å². The summed E-state index contributed by atoms with van der Waals surface area (Å²) in [7, 11) is 4.13. The van der Waals surface area contributed by atoms with Crippen LogP contribution in [0.3, 0.4) is 0 Å². The molecule has 4 heterocycles. The Hall–Kier alpha value is -3.97. The van der Waals surface area contributed by atoms with Crippen molar-refractivity contribution in [2.75, 3.05) is 40.3 Å². The van der Waals surface area contributed by atoms with E-state index in [0.717, 1.165) is 86.9 Å².